The Labute approximate surface area is 211 Å². The molecule has 178 valence electrons. The molecule has 1 amide bonds. The van der Waals surface area contributed by atoms with Crippen molar-refractivity contribution in [1.82, 2.24) is 15.2 Å². The topological polar surface area (TPSA) is 109 Å². The van der Waals surface area contributed by atoms with E-state index in [4.69, 9.17) is 4.42 Å². The fraction of sp³-hybridized carbons (Fsp3) is 0.174. The van der Waals surface area contributed by atoms with Crippen molar-refractivity contribution in [2.45, 2.75) is 30.0 Å². The Bertz CT molecular complexity index is 1460. The highest BCUT2D eigenvalue weighted by Crippen LogP contribution is 2.44. The first-order valence-corrected chi connectivity index (χ1v) is 13.0. The molecule has 4 heterocycles. The van der Waals surface area contributed by atoms with Crippen LogP contribution in [0.4, 0.5) is 9.52 Å². The Morgan fingerprint density at radius 2 is 2.00 bits per heavy atom. The number of amides is 1. The molecule has 0 spiro atoms. The van der Waals surface area contributed by atoms with Crippen LogP contribution in [0.2, 0.25) is 0 Å². The lowest BCUT2D eigenvalue weighted by Gasteiger charge is -2.21. The molecule has 8 nitrogen and oxygen atoms in total. The predicted octanol–water partition coefficient (Wildman–Crippen LogP) is 5.42. The lowest BCUT2D eigenvalue weighted by molar-refractivity contribution is -0.117. The smallest absolute Gasteiger partial charge is 0.296 e. The number of nitrogens with zero attached hydrogens (tertiary/aromatic N) is 4. The molecule has 3 aromatic heterocycles. The van der Waals surface area contributed by atoms with E-state index in [9.17, 15) is 19.1 Å². The molecule has 0 saturated carbocycles. The van der Waals surface area contributed by atoms with Gasteiger partial charge in [-0.1, -0.05) is 41.3 Å². The first-order chi connectivity index (χ1) is 16.8. The fourth-order valence-corrected chi connectivity index (χ4v) is 6.46. The number of furan rings is 1. The summed E-state index contributed by atoms with van der Waals surface area (Å²) in [4.78, 5) is 32.5. The SMILES string of the molecule is Cc1nc(C)c(C(=O)C2=C(O)C(=O)N(c3nnc(SCc4ccccc4F)s3)C2c2ccco2)s1. The lowest BCUT2D eigenvalue weighted by Crippen LogP contribution is -2.30. The van der Waals surface area contributed by atoms with E-state index in [1.54, 1.807) is 44.2 Å². The third kappa shape index (κ3) is 4.28. The second-order valence-corrected chi connectivity index (χ2v) is 10.9. The minimum Gasteiger partial charge on any atom is -0.503 e. The number of thioether (sulfide) groups is 1. The number of Topliss-reactive ketones (excluding diaryl/α,β-unsaturated/α-hetero) is 1. The first kappa shape index (κ1) is 23.4. The summed E-state index contributed by atoms with van der Waals surface area (Å²) in [6.45, 7) is 3.48. The minimum absolute atomic E-state index is 0.104. The van der Waals surface area contributed by atoms with Crippen molar-refractivity contribution in [3.63, 3.8) is 0 Å². The van der Waals surface area contributed by atoms with E-state index in [0.29, 0.717) is 37.0 Å². The molecule has 1 N–H and O–H groups in total. The van der Waals surface area contributed by atoms with E-state index in [0.717, 1.165) is 11.3 Å². The molecule has 0 aliphatic carbocycles. The van der Waals surface area contributed by atoms with Crippen LogP contribution >= 0.6 is 34.4 Å². The lowest BCUT2D eigenvalue weighted by atomic mass is 10.00. The number of thiazole rings is 1. The summed E-state index contributed by atoms with van der Waals surface area (Å²) in [6, 6.07) is 8.67. The Balaban J connectivity index is 1.48. The zero-order valence-corrected chi connectivity index (χ0v) is 20.8. The average Bonchev–Trinajstić information content (AvgIpc) is 3.61. The van der Waals surface area contributed by atoms with E-state index in [1.165, 1.54) is 40.3 Å². The van der Waals surface area contributed by atoms with Gasteiger partial charge < -0.3 is 9.52 Å². The van der Waals surface area contributed by atoms with Gasteiger partial charge in [0.05, 0.1) is 27.4 Å². The monoisotopic (exact) mass is 528 g/mol. The molecule has 1 aliphatic rings. The second-order valence-electron chi connectivity index (χ2n) is 7.56. The first-order valence-electron chi connectivity index (χ1n) is 10.3. The van der Waals surface area contributed by atoms with Gasteiger partial charge in [0.25, 0.3) is 5.91 Å². The highest BCUT2D eigenvalue weighted by molar-refractivity contribution is 8.00. The summed E-state index contributed by atoms with van der Waals surface area (Å²) in [5.74, 6) is -1.65. The van der Waals surface area contributed by atoms with Crippen molar-refractivity contribution in [2.75, 3.05) is 4.90 Å². The van der Waals surface area contributed by atoms with Gasteiger partial charge in [-0.2, -0.15) is 0 Å². The van der Waals surface area contributed by atoms with Gasteiger partial charge >= 0.3 is 0 Å². The van der Waals surface area contributed by atoms with E-state index in [2.05, 4.69) is 15.2 Å². The Kier molecular flexibility index (Phi) is 6.26. The summed E-state index contributed by atoms with van der Waals surface area (Å²) in [5.41, 5.74) is 0.930. The maximum atomic E-state index is 14.0. The van der Waals surface area contributed by atoms with Crippen LogP contribution in [0.25, 0.3) is 0 Å². The number of anilines is 1. The fourth-order valence-electron chi connectivity index (χ4n) is 3.73. The van der Waals surface area contributed by atoms with Crippen LogP contribution < -0.4 is 4.90 Å². The molecular weight excluding hydrogens is 511 g/mol. The van der Waals surface area contributed by atoms with E-state index in [1.807, 2.05) is 0 Å². The van der Waals surface area contributed by atoms with Gasteiger partial charge in [0, 0.05) is 5.75 Å². The minimum atomic E-state index is -1.02. The number of benzene rings is 1. The molecule has 0 saturated heterocycles. The molecular formula is C23H17FN4O4S3. The number of rotatable bonds is 7. The number of hydrogen-bond acceptors (Lipinski definition) is 10. The molecule has 1 aliphatic heterocycles. The van der Waals surface area contributed by atoms with Crippen molar-refractivity contribution in [3.8, 4) is 0 Å². The number of aliphatic hydroxyl groups excluding tert-OH is 1. The number of carbonyl (C=O) groups excluding carboxylic acids is 2. The maximum Gasteiger partial charge on any atom is 0.296 e. The second kappa shape index (κ2) is 9.36. The quantitative estimate of drug-likeness (QED) is 0.192. The molecule has 1 aromatic carbocycles. The van der Waals surface area contributed by atoms with Gasteiger partial charge in [-0.15, -0.1) is 21.5 Å². The van der Waals surface area contributed by atoms with Crippen LogP contribution in [-0.2, 0) is 10.5 Å². The summed E-state index contributed by atoms with van der Waals surface area (Å²) < 4.78 is 20.0. The average molecular weight is 529 g/mol. The third-order valence-electron chi connectivity index (χ3n) is 5.29. The van der Waals surface area contributed by atoms with E-state index < -0.39 is 23.5 Å². The largest absolute Gasteiger partial charge is 0.503 e. The Morgan fingerprint density at radius 1 is 1.20 bits per heavy atom. The van der Waals surface area contributed by atoms with Gasteiger partial charge in [-0.05, 0) is 37.6 Å². The van der Waals surface area contributed by atoms with Gasteiger partial charge in [0.2, 0.25) is 10.9 Å². The molecule has 5 rings (SSSR count). The van der Waals surface area contributed by atoms with Crippen LogP contribution in [-0.4, -0.2) is 32.0 Å². The summed E-state index contributed by atoms with van der Waals surface area (Å²) in [6.07, 6.45) is 1.42. The number of halogens is 1. The number of hydrogen-bond donors (Lipinski definition) is 1. The van der Waals surface area contributed by atoms with Crippen LogP contribution in [0.1, 0.15) is 37.7 Å². The number of carbonyl (C=O) groups is 2. The molecule has 0 bridgehead atoms. The molecule has 1 atom stereocenters. The molecule has 12 heteroatoms. The molecule has 35 heavy (non-hydrogen) atoms. The van der Waals surface area contributed by atoms with Gasteiger partial charge in [-0.25, -0.2) is 9.37 Å². The van der Waals surface area contributed by atoms with Crippen molar-refractivity contribution in [3.05, 3.63) is 86.7 Å². The van der Waals surface area contributed by atoms with Crippen LogP contribution in [0, 0.1) is 19.7 Å². The van der Waals surface area contributed by atoms with Crippen LogP contribution in [0.5, 0.6) is 0 Å². The van der Waals surface area contributed by atoms with Crippen molar-refractivity contribution in [2.24, 2.45) is 0 Å². The number of aliphatic hydroxyl groups is 1. The van der Waals surface area contributed by atoms with Crippen molar-refractivity contribution < 1.29 is 23.5 Å². The highest BCUT2D eigenvalue weighted by Gasteiger charge is 2.48. The standard InChI is InChI=1S/C23H17FN4O4S3/c1-11-20(34-12(2)25-11)18(29)16-17(15-8-5-9-32-15)28(21(31)19(16)30)22-26-27-23(35-22)33-10-13-6-3-4-7-14(13)24/h3-9,17,30H,10H2,1-2H3. The Morgan fingerprint density at radius 3 is 2.69 bits per heavy atom. The van der Waals surface area contributed by atoms with E-state index in [-0.39, 0.29) is 16.5 Å². The van der Waals surface area contributed by atoms with E-state index >= 15 is 0 Å². The number of ketones is 1. The molecule has 1 unspecified atom stereocenters. The third-order valence-corrected chi connectivity index (χ3v) is 8.46. The number of aromatic nitrogens is 3. The zero-order valence-electron chi connectivity index (χ0n) is 18.4. The summed E-state index contributed by atoms with van der Waals surface area (Å²) >= 11 is 3.57. The summed E-state index contributed by atoms with van der Waals surface area (Å²) in [5, 5.41) is 19.9. The van der Waals surface area contributed by atoms with Gasteiger partial charge in [-0.3, -0.25) is 14.5 Å². The van der Waals surface area contributed by atoms with Crippen LogP contribution in [0.15, 0.2) is 62.8 Å². The van der Waals surface area contributed by atoms with Gasteiger partial charge in [0.15, 0.2) is 10.1 Å². The molecule has 0 radical (unpaired) electrons. The zero-order chi connectivity index (χ0) is 24.7. The predicted molar refractivity (Wildman–Crippen MR) is 130 cm³/mol. The highest BCUT2D eigenvalue weighted by atomic mass is 32.2. The summed E-state index contributed by atoms with van der Waals surface area (Å²) in [7, 11) is 0. The van der Waals surface area contributed by atoms with Crippen molar-refractivity contribution in [1.29, 1.82) is 0 Å². The van der Waals surface area contributed by atoms with Gasteiger partial charge in [0.1, 0.15) is 17.6 Å². The van der Waals surface area contributed by atoms with Crippen LogP contribution in [0.3, 0.4) is 0 Å². The molecule has 4 aromatic rings. The van der Waals surface area contributed by atoms with Crippen molar-refractivity contribution >= 4 is 51.3 Å². The Hall–Kier alpha value is -3.35. The molecule has 0 fully saturated rings. The normalized spacial score (nSPS) is 15.9. The number of aryl methyl sites for hydroxylation is 2. The maximum absolute atomic E-state index is 14.0.